The highest BCUT2D eigenvalue weighted by Crippen LogP contribution is 2.39. The van der Waals surface area contributed by atoms with Crippen LogP contribution in [0.5, 0.6) is 0 Å². The lowest BCUT2D eigenvalue weighted by Crippen LogP contribution is -2.52. The largest absolute Gasteiger partial charge is 0.352 e. The number of amides is 2. The van der Waals surface area contributed by atoms with Crippen molar-refractivity contribution in [3.05, 3.63) is 51.6 Å². The number of urea groups is 1. The smallest absolute Gasteiger partial charge is 0.317 e. The van der Waals surface area contributed by atoms with Crippen molar-refractivity contribution in [3.8, 4) is 0 Å². The number of benzene rings is 1. The molecule has 2 amide bonds. The fourth-order valence-electron chi connectivity index (χ4n) is 4.33. The van der Waals surface area contributed by atoms with E-state index in [-0.39, 0.29) is 6.03 Å². The first-order chi connectivity index (χ1) is 14.7. The van der Waals surface area contributed by atoms with E-state index in [9.17, 15) is 4.79 Å². The molecule has 3 heterocycles. The van der Waals surface area contributed by atoms with Crippen molar-refractivity contribution in [2.75, 3.05) is 31.1 Å². The SMILES string of the molecule is O=C(NCc1ccc(Cl)cc1)N1CCN(c2ncnc3sc4c(c23)CCCC4)CC1. The summed E-state index contributed by atoms with van der Waals surface area (Å²) in [5.74, 6) is 1.04. The number of nitrogens with zero attached hydrogens (tertiary/aromatic N) is 4. The van der Waals surface area contributed by atoms with Gasteiger partial charge in [-0.3, -0.25) is 0 Å². The van der Waals surface area contributed by atoms with E-state index < -0.39 is 0 Å². The van der Waals surface area contributed by atoms with Gasteiger partial charge in [0, 0.05) is 42.6 Å². The molecule has 1 aliphatic heterocycles. The number of nitrogens with one attached hydrogen (secondary N) is 1. The average Bonchev–Trinajstić information content (AvgIpc) is 3.17. The maximum Gasteiger partial charge on any atom is 0.317 e. The Balaban J connectivity index is 1.24. The number of aromatic nitrogens is 2. The first-order valence-electron chi connectivity index (χ1n) is 10.5. The molecule has 0 unspecified atom stereocenters. The van der Waals surface area contributed by atoms with E-state index in [2.05, 4.69) is 20.2 Å². The van der Waals surface area contributed by atoms with Crippen LogP contribution in [0.15, 0.2) is 30.6 Å². The van der Waals surface area contributed by atoms with Gasteiger partial charge in [0.25, 0.3) is 0 Å². The molecule has 3 aromatic rings. The molecule has 1 aliphatic carbocycles. The third-order valence-corrected chi connectivity index (χ3v) is 7.41. The molecule has 0 bridgehead atoms. The van der Waals surface area contributed by atoms with Gasteiger partial charge in [-0.05, 0) is 48.9 Å². The van der Waals surface area contributed by atoms with Crippen LogP contribution >= 0.6 is 22.9 Å². The van der Waals surface area contributed by atoms with Crippen LogP contribution in [-0.4, -0.2) is 47.1 Å². The van der Waals surface area contributed by atoms with Crippen LogP contribution in [-0.2, 0) is 19.4 Å². The molecule has 30 heavy (non-hydrogen) atoms. The highest BCUT2D eigenvalue weighted by molar-refractivity contribution is 7.19. The fraction of sp³-hybridized carbons (Fsp3) is 0.409. The zero-order valence-electron chi connectivity index (χ0n) is 16.7. The Morgan fingerprint density at radius 3 is 2.63 bits per heavy atom. The van der Waals surface area contributed by atoms with Crippen molar-refractivity contribution >= 4 is 45.0 Å². The maximum atomic E-state index is 12.6. The second kappa shape index (κ2) is 8.40. The Kier molecular flexibility index (Phi) is 5.48. The Morgan fingerprint density at radius 2 is 1.83 bits per heavy atom. The van der Waals surface area contributed by atoms with Crippen LogP contribution in [0.3, 0.4) is 0 Å². The maximum absolute atomic E-state index is 12.6. The molecule has 2 aromatic heterocycles. The third kappa shape index (κ3) is 3.84. The van der Waals surface area contributed by atoms with Gasteiger partial charge in [-0.1, -0.05) is 23.7 Å². The van der Waals surface area contributed by atoms with Crippen molar-refractivity contribution < 1.29 is 4.79 Å². The molecule has 1 saturated heterocycles. The number of carbonyl (C=O) groups excluding carboxylic acids is 1. The van der Waals surface area contributed by atoms with Crippen LogP contribution in [0.1, 0.15) is 28.8 Å². The van der Waals surface area contributed by atoms with E-state index in [1.165, 1.54) is 28.7 Å². The van der Waals surface area contributed by atoms with E-state index in [1.54, 1.807) is 6.33 Å². The number of aryl methyl sites for hydroxylation is 2. The van der Waals surface area contributed by atoms with Gasteiger partial charge < -0.3 is 15.1 Å². The molecule has 0 radical (unpaired) electrons. The summed E-state index contributed by atoms with van der Waals surface area (Å²) >= 11 is 7.75. The number of piperazine rings is 1. The molecule has 156 valence electrons. The summed E-state index contributed by atoms with van der Waals surface area (Å²) in [7, 11) is 0. The van der Waals surface area contributed by atoms with Gasteiger partial charge in [0.05, 0.1) is 5.39 Å². The fourth-order valence-corrected chi connectivity index (χ4v) is 5.68. The molecule has 6 nitrogen and oxygen atoms in total. The van der Waals surface area contributed by atoms with E-state index in [0.717, 1.165) is 42.1 Å². The number of carbonyl (C=O) groups is 1. The summed E-state index contributed by atoms with van der Waals surface area (Å²) < 4.78 is 0. The zero-order chi connectivity index (χ0) is 20.5. The lowest BCUT2D eigenvalue weighted by atomic mass is 9.97. The molecule has 1 N–H and O–H groups in total. The molecule has 0 atom stereocenters. The minimum atomic E-state index is -0.0228. The molecule has 1 aromatic carbocycles. The predicted molar refractivity (Wildman–Crippen MR) is 122 cm³/mol. The van der Waals surface area contributed by atoms with Gasteiger partial charge in [-0.25, -0.2) is 14.8 Å². The lowest BCUT2D eigenvalue weighted by Gasteiger charge is -2.35. The first kappa shape index (κ1) is 19.6. The van der Waals surface area contributed by atoms with Gasteiger partial charge in [-0.2, -0.15) is 0 Å². The van der Waals surface area contributed by atoms with Crippen LogP contribution in [0.2, 0.25) is 5.02 Å². The summed E-state index contributed by atoms with van der Waals surface area (Å²) in [5.41, 5.74) is 2.50. The van der Waals surface area contributed by atoms with Crippen molar-refractivity contribution in [2.45, 2.75) is 32.2 Å². The van der Waals surface area contributed by atoms with Crippen molar-refractivity contribution in [3.63, 3.8) is 0 Å². The summed E-state index contributed by atoms with van der Waals surface area (Å²) in [6.45, 7) is 3.44. The number of halogens is 1. The van der Waals surface area contributed by atoms with E-state index in [1.807, 2.05) is 40.5 Å². The Labute approximate surface area is 184 Å². The normalized spacial score (nSPS) is 16.6. The summed E-state index contributed by atoms with van der Waals surface area (Å²) in [5, 5.41) is 4.96. The van der Waals surface area contributed by atoms with Crippen molar-refractivity contribution in [1.29, 1.82) is 0 Å². The average molecular weight is 442 g/mol. The van der Waals surface area contributed by atoms with Crippen LogP contribution in [0.25, 0.3) is 10.2 Å². The topological polar surface area (TPSA) is 61.4 Å². The number of fused-ring (bicyclic) bond motifs is 3. The molecule has 5 rings (SSSR count). The monoisotopic (exact) mass is 441 g/mol. The standard InChI is InChI=1S/C22H24ClN5OS/c23-16-7-5-15(6-8-16)13-24-22(29)28-11-9-27(10-12-28)20-19-17-3-1-2-4-18(17)30-21(19)26-14-25-20/h5-8,14H,1-4,9-13H2,(H,24,29). The van der Waals surface area contributed by atoms with Gasteiger partial charge >= 0.3 is 6.03 Å². The third-order valence-electron chi connectivity index (χ3n) is 5.95. The Morgan fingerprint density at radius 1 is 1.07 bits per heavy atom. The van der Waals surface area contributed by atoms with E-state index >= 15 is 0 Å². The van der Waals surface area contributed by atoms with E-state index in [4.69, 9.17) is 11.6 Å². The zero-order valence-corrected chi connectivity index (χ0v) is 18.3. The quantitative estimate of drug-likeness (QED) is 0.659. The molecule has 8 heteroatoms. The first-order valence-corrected chi connectivity index (χ1v) is 11.7. The molecular weight excluding hydrogens is 418 g/mol. The molecule has 1 fully saturated rings. The number of rotatable bonds is 3. The number of hydrogen-bond donors (Lipinski definition) is 1. The molecular formula is C22H24ClN5OS. The summed E-state index contributed by atoms with van der Waals surface area (Å²) in [4.78, 5) is 28.6. The van der Waals surface area contributed by atoms with Crippen LogP contribution < -0.4 is 10.2 Å². The second-order valence-electron chi connectivity index (χ2n) is 7.85. The highest BCUT2D eigenvalue weighted by atomic mass is 35.5. The molecule has 2 aliphatic rings. The van der Waals surface area contributed by atoms with Gasteiger partial charge in [0.1, 0.15) is 17.0 Å². The van der Waals surface area contributed by atoms with Crippen molar-refractivity contribution in [1.82, 2.24) is 20.2 Å². The highest BCUT2D eigenvalue weighted by Gasteiger charge is 2.26. The van der Waals surface area contributed by atoms with Gasteiger partial charge in [0.2, 0.25) is 0 Å². The lowest BCUT2D eigenvalue weighted by molar-refractivity contribution is 0.194. The van der Waals surface area contributed by atoms with Gasteiger partial charge in [-0.15, -0.1) is 11.3 Å². The minimum Gasteiger partial charge on any atom is -0.352 e. The Hall–Kier alpha value is -2.38. The minimum absolute atomic E-state index is 0.0228. The number of hydrogen-bond acceptors (Lipinski definition) is 5. The second-order valence-corrected chi connectivity index (χ2v) is 9.37. The van der Waals surface area contributed by atoms with Crippen LogP contribution in [0.4, 0.5) is 10.6 Å². The van der Waals surface area contributed by atoms with E-state index in [0.29, 0.717) is 24.7 Å². The van der Waals surface area contributed by atoms with Crippen LogP contribution in [0, 0.1) is 0 Å². The Bertz CT molecular complexity index is 1060. The number of thiophene rings is 1. The molecule has 0 saturated carbocycles. The summed E-state index contributed by atoms with van der Waals surface area (Å²) in [6, 6.07) is 7.52. The number of anilines is 1. The van der Waals surface area contributed by atoms with Gasteiger partial charge in [0.15, 0.2) is 0 Å². The molecule has 0 spiro atoms. The summed E-state index contributed by atoms with van der Waals surface area (Å²) in [6.07, 6.45) is 6.49. The van der Waals surface area contributed by atoms with Crippen molar-refractivity contribution in [2.24, 2.45) is 0 Å². The predicted octanol–water partition coefficient (Wildman–Crippen LogP) is 4.26.